The van der Waals surface area contributed by atoms with Crippen molar-refractivity contribution >= 4 is 17.5 Å². The van der Waals surface area contributed by atoms with Crippen molar-refractivity contribution in [2.75, 3.05) is 17.2 Å². The van der Waals surface area contributed by atoms with Crippen molar-refractivity contribution < 1.29 is 13.9 Å². The van der Waals surface area contributed by atoms with Crippen LogP contribution in [0.1, 0.15) is 30.0 Å². The van der Waals surface area contributed by atoms with Crippen LogP contribution in [-0.4, -0.2) is 12.7 Å². The smallest absolute Gasteiger partial charge is 0.411 e. The fraction of sp³-hybridized carbons (Fsp3) is 0.316. The Labute approximate surface area is 142 Å². The molecule has 0 atom stereocenters. The molecular formula is C19H23FN2O2. The fourth-order valence-electron chi connectivity index (χ4n) is 2.49. The Morgan fingerprint density at radius 2 is 1.88 bits per heavy atom. The molecule has 0 aliphatic carbocycles. The zero-order valence-electron chi connectivity index (χ0n) is 14.3. The summed E-state index contributed by atoms with van der Waals surface area (Å²) in [5.74, 6) is -0.266. The van der Waals surface area contributed by atoms with E-state index in [1.807, 2.05) is 39.0 Å². The van der Waals surface area contributed by atoms with Gasteiger partial charge in [0.15, 0.2) is 0 Å². The average molecular weight is 330 g/mol. The monoisotopic (exact) mass is 330 g/mol. The number of carbonyl (C=O) groups excluding carboxylic acids is 1. The van der Waals surface area contributed by atoms with E-state index in [2.05, 4.69) is 10.6 Å². The van der Waals surface area contributed by atoms with Crippen LogP contribution in [0.5, 0.6) is 0 Å². The minimum Gasteiger partial charge on any atom is -0.449 e. The van der Waals surface area contributed by atoms with Crippen molar-refractivity contribution in [2.24, 2.45) is 0 Å². The zero-order valence-corrected chi connectivity index (χ0v) is 14.3. The summed E-state index contributed by atoms with van der Waals surface area (Å²) in [6, 6.07) is 10.4. The van der Waals surface area contributed by atoms with Crippen molar-refractivity contribution in [3.63, 3.8) is 0 Å². The van der Waals surface area contributed by atoms with Crippen LogP contribution in [0, 0.1) is 19.7 Å². The number of aryl methyl sites for hydroxylation is 2. The molecular weight excluding hydrogens is 307 g/mol. The molecule has 0 aromatic heterocycles. The summed E-state index contributed by atoms with van der Waals surface area (Å²) >= 11 is 0. The number of anilines is 2. The van der Waals surface area contributed by atoms with Crippen LogP contribution in [0.4, 0.5) is 20.6 Å². The van der Waals surface area contributed by atoms with E-state index in [9.17, 15) is 9.18 Å². The number of rotatable bonds is 6. The van der Waals surface area contributed by atoms with Gasteiger partial charge in [0, 0.05) is 17.9 Å². The number of hydrogen-bond donors (Lipinski definition) is 2. The minimum absolute atomic E-state index is 0.266. The van der Waals surface area contributed by atoms with Gasteiger partial charge in [0.05, 0.1) is 6.61 Å². The van der Waals surface area contributed by atoms with E-state index in [0.29, 0.717) is 13.2 Å². The number of nitrogens with one attached hydrogen (secondary N) is 2. The van der Waals surface area contributed by atoms with Gasteiger partial charge in [-0.05, 0) is 55.2 Å². The van der Waals surface area contributed by atoms with Gasteiger partial charge in [-0.1, -0.05) is 25.1 Å². The molecule has 128 valence electrons. The van der Waals surface area contributed by atoms with E-state index in [1.54, 1.807) is 6.07 Å². The Kier molecular flexibility index (Phi) is 6.18. The van der Waals surface area contributed by atoms with Gasteiger partial charge in [-0.3, -0.25) is 5.32 Å². The summed E-state index contributed by atoms with van der Waals surface area (Å²) in [5.41, 5.74) is 4.47. The van der Waals surface area contributed by atoms with Crippen LogP contribution < -0.4 is 10.6 Å². The maximum Gasteiger partial charge on any atom is 0.411 e. The molecule has 2 aromatic rings. The van der Waals surface area contributed by atoms with Gasteiger partial charge in [0.25, 0.3) is 0 Å². The van der Waals surface area contributed by atoms with Crippen molar-refractivity contribution in [2.45, 2.75) is 33.7 Å². The van der Waals surface area contributed by atoms with E-state index in [1.165, 1.54) is 12.1 Å². The molecule has 2 N–H and O–H groups in total. The summed E-state index contributed by atoms with van der Waals surface area (Å²) in [6.45, 7) is 6.80. The Morgan fingerprint density at radius 1 is 1.17 bits per heavy atom. The van der Waals surface area contributed by atoms with Crippen LogP contribution in [0.25, 0.3) is 0 Å². The average Bonchev–Trinajstić information content (AvgIpc) is 2.54. The molecule has 0 heterocycles. The summed E-state index contributed by atoms with van der Waals surface area (Å²) < 4.78 is 18.2. The number of ether oxygens (including phenoxy) is 1. The van der Waals surface area contributed by atoms with Crippen LogP contribution in [0.2, 0.25) is 0 Å². The normalized spacial score (nSPS) is 10.3. The summed E-state index contributed by atoms with van der Waals surface area (Å²) in [6.07, 6.45) is 0.351. The van der Waals surface area contributed by atoms with E-state index < -0.39 is 6.09 Å². The molecule has 2 rings (SSSR count). The molecule has 0 aliphatic rings. The Hall–Kier alpha value is -2.56. The molecule has 0 fully saturated rings. The lowest BCUT2D eigenvalue weighted by atomic mass is 10.0. The maximum atomic E-state index is 13.2. The second kappa shape index (κ2) is 8.34. The predicted octanol–water partition coefficient (Wildman–Crippen LogP) is 5.01. The summed E-state index contributed by atoms with van der Waals surface area (Å²) in [5, 5.41) is 5.98. The second-order valence-corrected chi connectivity index (χ2v) is 5.73. The lowest BCUT2D eigenvalue weighted by Gasteiger charge is -2.15. The van der Waals surface area contributed by atoms with E-state index in [0.717, 1.165) is 34.5 Å². The second-order valence-electron chi connectivity index (χ2n) is 5.73. The molecule has 0 bridgehead atoms. The van der Waals surface area contributed by atoms with Crippen LogP contribution in [0.15, 0.2) is 36.4 Å². The first kappa shape index (κ1) is 17.8. The molecule has 24 heavy (non-hydrogen) atoms. The topological polar surface area (TPSA) is 50.4 Å². The van der Waals surface area contributed by atoms with Gasteiger partial charge in [-0.25, -0.2) is 9.18 Å². The molecule has 0 aliphatic heterocycles. The molecule has 1 amide bonds. The number of benzene rings is 2. The van der Waals surface area contributed by atoms with E-state index in [-0.39, 0.29) is 5.82 Å². The quantitative estimate of drug-likeness (QED) is 0.782. The highest BCUT2D eigenvalue weighted by atomic mass is 19.1. The SMILES string of the molecule is CCCOC(=O)Nc1c(C)cc(CNc2cccc(F)c2)cc1C. The number of halogens is 1. The van der Waals surface area contributed by atoms with Gasteiger partial charge in [-0.2, -0.15) is 0 Å². The van der Waals surface area contributed by atoms with Gasteiger partial charge < -0.3 is 10.1 Å². The van der Waals surface area contributed by atoms with Gasteiger partial charge in [0.1, 0.15) is 5.82 Å². The predicted molar refractivity (Wildman–Crippen MR) is 94.9 cm³/mol. The van der Waals surface area contributed by atoms with Gasteiger partial charge >= 0.3 is 6.09 Å². The molecule has 0 saturated carbocycles. The Balaban J connectivity index is 2.04. The van der Waals surface area contributed by atoms with Crippen LogP contribution in [0.3, 0.4) is 0 Å². The van der Waals surface area contributed by atoms with E-state index >= 15 is 0 Å². The number of amides is 1. The third kappa shape index (κ3) is 4.98. The Bertz CT molecular complexity index is 693. The molecule has 4 nitrogen and oxygen atoms in total. The highest BCUT2D eigenvalue weighted by Crippen LogP contribution is 2.23. The lowest BCUT2D eigenvalue weighted by molar-refractivity contribution is 0.161. The van der Waals surface area contributed by atoms with Crippen molar-refractivity contribution in [1.29, 1.82) is 0 Å². The van der Waals surface area contributed by atoms with Gasteiger partial charge in [-0.15, -0.1) is 0 Å². The fourth-order valence-corrected chi connectivity index (χ4v) is 2.49. The zero-order chi connectivity index (χ0) is 17.5. The summed E-state index contributed by atoms with van der Waals surface area (Å²) in [4.78, 5) is 11.7. The van der Waals surface area contributed by atoms with Crippen LogP contribution >= 0.6 is 0 Å². The highest BCUT2D eigenvalue weighted by molar-refractivity contribution is 5.86. The highest BCUT2D eigenvalue weighted by Gasteiger charge is 2.10. The first-order chi connectivity index (χ1) is 11.5. The summed E-state index contributed by atoms with van der Waals surface area (Å²) in [7, 11) is 0. The molecule has 0 saturated heterocycles. The molecule has 2 aromatic carbocycles. The van der Waals surface area contributed by atoms with Gasteiger partial charge in [0.2, 0.25) is 0 Å². The molecule has 0 spiro atoms. The molecule has 0 radical (unpaired) electrons. The van der Waals surface area contributed by atoms with Crippen LogP contribution in [-0.2, 0) is 11.3 Å². The molecule has 0 unspecified atom stereocenters. The minimum atomic E-state index is -0.436. The Morgan fingerprint density at radius 3 is 2.50 bits per heavy atom. The largest absolute Gasteiger partial charge is 0.449 e. The number of hydrogen-bond acceptors (Lipinski definition) is 3. The number of carbonyl (C=O) groups is 1. The van der Waals surface area contributed by atoms with Crippen molar-refractivity contribution in [3.05, 3.63) is 58.9 Å². The first-order valence-corrected chi connectivity index (χ1v) is 8.03. The van der Waals surface area contributed by atoms with Crippen molar-refractivity contribution in [1.82, 2.24) is 0 Å². The first-order valence-electron chi connectivity index (χ1n) is 8.03. The lowest BCUT2D eigenvalue weighted by Crippen LogP contribution is -2.16. The third-order valence-electron chi connectivity index (χ3n) is 3.58. The maximum absolute atomic E-state index is 13.2. The standard InChI is InChI=1S/C19H23FN2O2/c1-4-8-24-19(23)22-18-13(2)9-15(10-14(18)3)12-21-17-7-5-6-16(20)11-17/h5-7,9-11,21H,4,8,12H2,1-3H3,(H,22,23). The molecule has 5 heteroatoms. The third-order valence-corrected chi connectivity index (χ3v) is 3.58. The van der Waals surface area contributed by atoms with Crippen molar-refractivity contribution in [3.8, 4) is 0 Å². The van der Waals surface area contributed by atoms with E-state index in [4.69, 9.17) is 4.74 Å².